The van der Waals surface area contributed by atoms with E-state index in [1.54, 1.807) is 10.9 Å². The highest BCUT2D eigenvalue weighted by molar-refractivity contribution is 9.10. The first-order valence-corrected chi connectivity index (χ1v) is 7.34. The summed E-state index contributed by atoms with van der Waals surface area (Å²) in [5.41, 5.74) is 1.72. The minimum Gasteiger partial charge on any atom is -0.349 e. The number of carbonyl (C=O) groups is 1. The molecule has 2 rings (SSSR count). The highest BCUT2D eigenvalue weighted by atomic mass is 79.9. The molecular weight excluding hydrogens is 346 g/mol. The molecule has 0 radical (unpaired) electrons. The summed E-state index contributed by atoms with van der Waals surface area (Å²) >= 11 is 9.32. The van der Waals surface area contributed by atoms with E-state index >= 15 is 0 Å². The van der Waals surface area contributed by atoms with E-state index in [0.717, 1.165) is 22.4 Å². The second-order valence-electron chi connectivity index (χ2n) is 4.27. The van der Waals surface area contributed by atoms with Crippen LogP contribution >= 0.6 is 27.5 Å². The number of carbonyl (C=O) groups excluding carboxylic acids is 1. The summed E-state index contributed by atoms with van der Waals surface area (Å²) in [7, 11) is 0. The molecule has 0 spiro atoms. The molecule has 1 N–H and O–H groups in total. The van der Waals surface area contributed by atoms with Crippen molar-refractivity contribution >= 4 is 33.4 Å². The molecule has 0 saturated carbocycles. The van der Waals surface area contributed by atoms with Crippen molar-refractivity contribution < 1.29 is 4.79 Å². The molecule has 0 fully saturated rings. The van der Waals surface area contributed by atoms with Gasteiger partial charge in [0.1, 0.15) is 6.54 Å². The third-order valence-corrected chi connectivity index (χ3v) is 4.02. The minimum absolute atomic E-state index is 0.122. The summed E-state index contributed by atoms with van der Waals surface area (Å²) in [5, 5.41) is 11.7. The van der Waals surface area contributed by atoms with Gasteiger partial charge in [-0.2, -0.15) is 10.2 Å². The van der Waals surface area contributed by atoms with Gasteiger partial charge < -0.3 is 5.32 Å². The fourth-order valence-electron chi connectivity index (χ4n) is 1.79. The van der Waals surface area contributed by atoms with Crippen molar-refractivity contribution in [2.45, 2.75) is 33.5 Å². The Balaban J connectivity index is 1.95. The number of aromatic nitrogens is 4. The van der Waals surface area contributed by atoms with Gasteiger partial charge in [0.2, 0.25) is 5.91 Å². The number of nitrogens with one attached hydrogen (secondary N) is 1. The SMILES string of the molecule is CCn1ncc(Br)c1CNC(=O)Cn1ncc(Cl)c1C. The minimum atomic E-state index is -0.122. The first-order valence-electron chi connectivity index (χ1n) is 6.17. The summed E-state index contributed by atoms with van der Waals surface area (Å²) in [6, 6.07) is 0. The number of amides is 1. The lowest BCUT2D eigenvalue weighted by molar-refractivity contribution is -0.122. The summed E-state index contributed by atoms with van der Waals surface area (Å²) in [4.78, 5) is 11.9. The molecule has 2 aromatic heterocycles. The summed E-state index contributed by atoms with van der Waals surface area (Å²) in [6.07, 6.45) is 3.26. The van der Waals surface area contributed by atoms with E-state index in [-0.39, 0.29) is 12.5 Å². The summed E-state index contributed by atoms with van der Waals surface area (Å²) in [5.74, 6) is -0.122. The van der Waals surface area contributed by atoms with Crippen LogP contribution in [0.3, 0.4) is 0 Å². The summed E-state index contributed by atoms with van der Waals surface area (Å²) in [6.45, 7) is 5.15. The van der Waals surface area contributed by atoms with Crippen molar-refractivity contribution in [3.8, 4) is 0 Å². The van der Waals surface area contributed by atoms with Gasteiger partial charge in [-0.1, -0.05) is 11.6 Å². The van der Waals surface area contributed by atoms with Gasteiger partial charge in [-0.25, -0.2) is 0 Å². The Kier molecular flexibility index (Phi) is 4.82. The molecule has 2 heterocycles. The maximum atomic E-state index is 11.9. The fourth-order valence-corrected chi connectivity index (χ4v) is 2.37. The predicted octanol–water partition coefficient (Wildman–Crippen LogP) is 2.14. The van der Waals surface area contributed by atoms with E-state index in [4.69, 9.17) is 11.6 Å². The maximum Gasteiger partial charge on any atom is 0.242 e. The van der Waals surface area contributed by atoms with E-state index in [0.29, 0.717) is 11.6 Å². The first-order chi connectivity index (χ1) is 9.52. The lowest BCUT2D eigenvalue weighted by Crippen LogP contribution is -2.29. The zero-order valence-electron chi connectivity index (χ0n) is 11.2. The third kappa shape index (κ3) is 3.21. The van der Waals surface area contributed by atoms with Gasteiger partial charge in [0, 0.05) is 6.54 Å². The van der Waals surface area contributed by atoms with Gasteiger partial charge in [0.25, 0.3) is 0 Å². The average Bonchev–Trinajstić information content (AvgIpc) is 2.93. The van der Waals surface area contributed by atoms with Crippen molar-refractivity contribution in [2.24, 2.45) is 0 Å². The van der Waals surface area contributed by atoms with Crippen LogP contribution in [-0.4, -0.2) is 25.5 Å². The molecule has 0 aliphatic heterocycles. The molecule has 20 heavy (non-hydrogen) atoms. The van der Waals surface area contributed by atoms with Crippen molar-refractivity contribution in [3.05, 3.63) is 33.3 Å². The molecule has 0 aliphatic carbocycles. The van der Waals surface area contributed by atoms with Crippen LogP contribution in [0.4, 0.5) is 0 Å². The standard InChI is InChI=1S/C12H15BrClN5O/c1-3-18-11(9(13)4-16-18)6-15-12(20)7-19-8(2)10(14)5-17-19/h4-5H,3,6-7H2,1-2H3,(H,15,20). The normalized spacial score (nSPS) is 10.8. The van der Waals surface area contributed by atoms with E-state index < -0.39 is 0 Å². The van der Waals surface area contributed by atoms with Crippen LogP contribution in [0.5, 0.6) is 0 Å². The van der Waals surface area contributed by atoms with Crippen molar-refractivity contribution in [3.63, 3.8) is 0 Å². The first kappa shape index (κ1) is 15.1. The number of nitrogens with zero attached hydrogens (tertiary/aromatic N) is 4. The van der Waals surface area contributed by atoms with Crippen LogP contribution in [0, 0.1) is 6.92 Å². The zero-order chi connectivity index (χ0) is 14.7. The van der Waals surface area contributed by atoms with Crippen LogP contribution in [0.25, 0.3) is 0 Å². The summed E-state index contributed by atoms with van der Waals surface area (Å²) < 4.78 is 4.29. The molecule has 0 aliphatic rings. The quantitative estimate of drug-likeness (QED) is 0.888. The third-order valence-electron chi connectivity index (χ3n) is 2.99. The van der Waals surface area contributed by atoms with Gasteiger partial charge in [0.15, 0.2) is 0 Å². The monoisotopic (exact) mass is 359 g/mol. The van der Waals surface area contributed by atoms with Gasteiger partial charge in [0.05, 0.1) is 39.8 Å². The van der Waals surface area contributed by atoms with Gasteiger partial charge in [-0.05, 0) is 29.8 Å². The van der Waals surface area contributed by atoms with E-state index in [2.05, 4.69) is 31.4 Å². The van der Waals surface area contributed by atoms with Crippen LogP contribution in [0.1, 0.15) is 18.3 Å². The molecular formula is C12H15BrClN5O. The molecule has 6 nitrogen and oxygen atoms in total. The molecule has 108 valence electrons. The number of rotatable bonds is 5. The Morgan fingerprint density at radius 3 is 2.70 bits per heavy atom. The molecule has 2 aromatic rings. The Labute approximate surface area is 130 Å². The Morgan fingerprint density at radius 2 is 2.10 bits per heavy atom. The van der Waals surface area contributed by atoms with Crippen molar-refractivity contribution in [1.82, 2.24) is 24.9 Å². The lowest BCUT2D eigenvalue weighted by Gasteiger charge is -2.09. The predicted molar refractivity (Wildman–Crippen MR) is 79.4 cm³/mol. The molecule has 0 atom stereocenters. The molecule has 0 saturated heterocycles. The van der Waals surface area contributed by atoms with E-state index in [9.17, 15) is 4.79 Å². The second kappa shape index (κ2) is 6.41. The van der Waals surface area contributed by atoms with Crippen LogP contribution in [0.15, 0.2) is 16.9 Å². The van der Waals surface area contributed by atoms with Crippen molar-refractivity contribution in [2.75, 3.05) is 0 Å². The Bertz CT molecular complexity index is 621. The van der Waals surface area contributed by atoms with Crippen molar-refractivity contribution in [1.29, 1.82) is 0 Å². The smallest absolute Gasteiger partial charge is 0.242 e. The number of hydrogen-bond donors (Lipinski definition) is 1. The van der Waals surface area contributed by atoms with E-state index in [1.807, 2.05) is 18.5 Å². The van der Waals surface area contributed by atoms with Gasteiger partial charge >= 0.3 is 0 Å². The maximum absolute atomic E-state index is 11.9. The van der Waals surface area contributed by atoms with Gasteiger partial charge in [-0.3, -0.25) is 14.2 Å². The zero-order valence-corrected chi connectivity index (χ0v) is 13.6. The highest BCUT2D eigenvalue weighted by Gasteiger charge is 2.11. The highest BCUT2D eigenvalue weighted by Crippen LogP contribution is 2.16. The van der Waals surface area contributed by atoms with Crippen LogP contribution in [-0.2, 0) is 24.4 Å². The van der Waals surface area contributed by atoms with Crippen LogP contribution < -0.4 is 5.32 Å². The number of halogens is 2. The molecule has 0 bridgehead atoms. The lowest BCUT2D eigenvalue weighted by atomic mass is 10.4. The topological polar surface area (TPSA) is 64.7 Å². The second-order valence-corrected chi connectivity index (χ2v) is 5.53. The molecule has 8 heteroatoms. The number of aryl methyl sites for hydroxylation is 1. The van der Waals surface area contributed by atoms with Crippen LogP contribution in [0.2, 0.25) is 5.02 Å². The van der Waals surface area contributed by atoms with E-state index in [1.165, 1.54) is 6.20 Å². The number of hydrogen-bond acceptors (Lipinski definition) is 3. The van der Waals surface area contributed by atoms with Gasteiger partial charge in [-0.15, -0.1) is 0 Å². The molecule has 0 unspecified atom stereocenters. The molecule has 1 amide bonds. The Hall–Kier alpha value is -1.34. The Morgan fingerprint density at radius 1 is 1.40 bits per heavy atom. The fraction of sp³-hybridized carbons (Fsp3) is 0.417. The molecule has 0 aromatic carbocycles. The average molecular weight is 361 g/mol. The largest absolute Gasteiger partial charge is 0.349 e.